The van der Waals surface area contributed by atoms with E-state index < -0.39 is 29.1 Å². The van der Waals surface area contributed by atoms with Crippen LogP contribution in [0.15, 0.2) is 53.6 Å². The molecule has 0 saturated carbocycles. The van der Waals surface area contributed by atoms with Crippen LogP contribution in [0.2, 0.25) is 0 Å². The largest absolute Gasteiger partial charge is 0.379 e. The summed E-state index contributed by atoms with van der Waals surface area (Å²) in [7, 11) is 0. The van der Waals surface area contributed by atoms with Crippen LogP contribution in [0.3, 0.4) is 0 Å². The highest BCUT2D eigenvalue weighted by atomic mass is 19.1. The molecule has 38 heavy (non-hydrogen) atoms. The Bertz CT molecular complexity index is 1160. The number of amides is 3. The molecule has 1 atom stereocenters. The second-order valence-electron chi connectivity index (χ2n) is 10.6. The van der Waals surface area contributed by atoms with Crippen LogP contribution >= 0.6 is 0 Å². The van der Waals surface area contributed by atoms with E-state index >= 15 is 0 Å². The van der Waals surface area contributed by atoms with Crippen molar-refractivity contribution in [2.45, 2.75) is 38.8 Å². The van der Waals surface area contributed by atoms with Crippen LogP contribution in [0.25, 0.3) is 0 Å². The number of halogens is 2. The molecule has 2 aliphatic rings. The number of hydrazone groups is 1. The van der Waals surface area contributed by atoms with Gasteiger partial charge in [0.2, 0.25) is 0 Å². The first-order chi connectivity index (χ1) is 18.1. The van der Waals surface area contributed by atoms with Gasteiger partial charge in [0.1, 0.15) is 18.2 Å². The van der Waals surface area contributed by atoms with Crippen molar-refractivity contribution in [3.05, 3.63) is 71.3 Å². The second-order valence-corrected chi connectivity index (χ2v) is 10.6. The maximum absolute atomic E-state index is 14.6. The maximum Gasteiger partial charge on any atom is 0.318 e. The summed E-state index contributed by atoms with van der Waals surface area (Å²) in [6, 6.07) is 11.2. The predicted octanol–water partition coefficient (Wildman–Crippen LogP) is 3.78. The molecule has 0 spiro atoms. The number of carbonyl (C=O) groups is 2. The average molecular weight is 528 g/mol. The summed E-state index contributed by atoms with van der Waals surface area (Å²) >= 11 is 0. The summed E-state index contributed by atoms with van der Waals surface area (Å²) in [4.78, 5) is 30.5. The molecule has 204 valence electrons. The molecule has 0 unspecified atom stereocenters. The molecule has 8 nitrogen and oxygen atoms in total. The number of benzene rings is 2. The lowest BCUT2D eigenvalue weighted by Crippen LogP contribution is -2.53. The van der Waals surface area contributed by atoms with Gasteiger partial charge < -0.3 is 15.0 Å². The lowest BCUT2D eigenvalue weighted by Gasteiger charge is -2.32. The Morgan fingerprint density at radius 1 is 1.08 bits per heavy atom. The Hall–Kier alpha value is -3.37. The third-order valence-corrected chi connectivity index (χ3v) is 6.49. The molecule has 2 heterocycles. The number of hydrogen-bond donors (Lipinski definition) is 1. The van der Waals surface area contributed by atoms with Crippen molar-refractivity contribution >= 4 is 17.6 Å². The molecule has 10 heteroatoms. The third kappa shape index (κ3) is 7.14. The topological polar surface area (TPSA) is 77.5 Å². The van der Waals surface area contributed by atoms with Gasteiger partial charge in [-0.15, -0.1) is 0 Å². The van der Waals surface area contributed by atoms with Crippen LogP contribution in [-0.4, -0.2) is 83.9 Å². The fourth-order valence-corrected chi connectivity index (χ4v) is 4.52. The second kappa shape index (κ2) is 12.0. The van der Waals surface area contributed by atoms with Gasteiger partial charge in [0.15, 0.2) is 0 Å². The van der Waals surface area contributed by atoms with Crippen molar-refractivity contribution in [2.24, 2.45) is 5.10 Å². The minimum Gasteiger partial charge on any atom is -0.379 e. The Morgan fingerprint density at radius 2 is 1.76 bits per heavy atom. The van der Waals surface area contributed by atoms with Gasteiger partial charge in [0.25, 0.3) is 5.91 Å². The van der Waals surface area contributed by atoms with Crippen LogP contribution in [-0.2, 0) is 9.53 Å². The van der Waals surface area contributed by atoms with E-state index in [1.54, 1.807) is 30.3 Å². The number of morpholine rings is 1. The van der Waals surface area contributed by atoms with Gasteiger partial charge in [-0.05, 0) is 44.5 Å². The Balaban J connectivity index is 1.58. The Kier molecular flexibility index (Phi) is 8.73. The van der Waals surface area contributed by atoms with Gasteiger partial charge >= 0.3 is 6.03 Å². The monoisotopic (exact) mass is 527 g/mol. The molecule has 2 aromatic carbocycles. The van der Waals surface area contributed by atoms with Crippen molar-refractivity contribution in [1.29, 1.82) is 0 Å². The number of hydrogen-bond acceptors (Lipinski definition) is 5. The SMILES string of the molecule is CC(C)(C)NC(=O)N(CCN1CCOCC1)CC(=O)N1N=C(c2ccccc2F)C[C@H]1c1ccc(F)cc1. The summed E-state index contributed by atoms with van der Waals surface area (Å²) in [6.07, 6.45) is 0.264. The van der Waals surface area contributed by atoms with Crippen molar-refractivity contribution in [2.75, 3.05) is 45.9 Å². The van der Waals surface area contributed by atoms with Gasteiger partial charge in [-0.2, -0.15) is 5.10 Å². The molecule has 1 N–H and O–H groups in total. The van der Waals surface area contributed by atoms with Crippen molar-refractivity contribution in [3.63, 3.8) is 0 Å². The number of nitrogens with zero attached hydrogens (tertiary/aromatic N) is 4. The number of rotatable bonds is 7. The van der Waals surface area contributed by atoms with Gasteiger partial charge in [0.05, 0.1) is 25.0 Å². The molecule has 1 fully saturated rings. The smallest absolute Gasteiger partial charge is 0.318 e. The zero-order valence-corrected chi connectivity index (χ0v) is 22.1. The van der Waals surface area contributed by atoms with Crippen molar-refractivity contribution in [1.82, 2.24) is 20.1 Å². The molecule has 4 rings (SSSR count). The fraction of sp³-hybridized carbons (Fsp3) is 0.464. The molecule has 1 saturated heterocycles. The minimum absolute atomic E-state index is 0.210. The van der Waals surface area contributed by atoms with E-state index in [1.807, 2.05) is 20.8 Å². The molecule has 0 aromatic heterocycles. The van der Waals surface area contributed by atoms with Crippen LogP contribution in [0.4, 0.5) is 13.6 Å². The summed E-state index contributed by atoms with van der Waals surface area (Å²) in [5.41, 5.74) is 0.917. The van der Waals surface area contributed by atoms with Crippen LogP contribution in [0, 0.1) is 11.6 Å². The first-order valence-corrected chi connectivity index (χ1v) is 12.9. The summed E-state index contributed by atoms with van der Waals surface area (Å²) in [5, 5.41) is 8.76. The molecular formula is C28H35F2N5O3. The molecule has 0 radical (unpaired) electrons. The fourth-order valence-electron chi connectivity index (χ4n) is 4.52. The zero-order valence-electron chi connectivity index (χ0n) is 22.1. The van der Waals surface area contributed by atoms with E-state index in [9.17, 15) is 18.4 Å². The molecule has 3 amide bonds. The standard InChI is InChI=1S/C28H35F2N5O3/c1-28(2,3)31-27(37)34(13-12-33-14-16-38-17-15-33)19-26(36)35-25(20-8-10-21(29)11-9-20)18-24(32-35)22-6-4-5-7-23(22)30/h4-11,25H,12-19H2,1-3H3,(H,31,37)/t25-/m0/s1. The number of nitrogens with one attached hydrogen (secondary N) is 1. The van der Waals surface area contributed by atoms with Gasteiger partial charge in [-0.1, -0.05) is 30.3 Å². The van der Waals surface area contributed by atoms with E-state index in [4.69, 9.17) is 4.74 Å². The lowest BCUT2D eigenvalue weighted by atomic mass is 9.98. The highest BCUT2D eigenvalue weighted by molar-refractivity contribution is 6.03. The summed E-state index contributed by atoms with van der Waals surface area (Å²) < 4.78 is 33.6. The van der Waals surface area contributed by atoms with Gasteiger partial charge in [-0.25, -0.2) is 18.6 Å². The predicted molar refractivity (Wildman–Crippen MR) is 141 cm³/mol. The molecular weight excluding hydrogens is 492 g/mol. The number of urea groups is 1. The van der Waals surface area contributed by atoms with E-state index in [0.29, 0.717) is 43.1 Å². The molecule has 2 aliphatic heterocycles. The van der Waals surface area contributed by atoms with Gasteiger partial charge in [0, 0.05) is 43.7 Å². The summed E-state index contributed by atoms with van der Waals surface area (Å²) in [6.45, 7) is 9.15. The first kappa shape index (κ1) is 27.7. The average Bonchev–Trinajstić information content (AvgIpc) is 3.32. The summed E-state index contributed by atoms with van der Waals surface area (Å²) in [5.74, 6) is -1.24. The van der Waals surface area contributed by atoms with E-state index in [-0.39, 0.29) is 19.0 Å². The van der Waals surface area contributed by atoms with Gasteiger partial charge in [-0.3, -0.25) is 9.69 Å². The van der Waals surface area contributed by atoms with Crippen molar-refractivity contribution < 1.29 is 23.1 Å². The normalized spacial score (nSPS) is 18.3. The Morgan fingerprint density at radius 3 is 2.42 bits per heavy atom. The van der Waals surface area contributed by atoms with E-state index in [0.717, 1.165) is 13.1 Å². The number of carbonyl (C=O) groups excluding carboxylic acids is 2. The van der Waals surface area contributed by atoms with Crippen molar-refractivity contribution in [3.8, 4) is 0 Å². The Labute approximate surface area is 222 Å². The maximum atomic E-state index is 14.6. The van der Waals surface area contributed by atoms with E-state index in [1.165, 1.54) is 28.1 Å². The molecule has 2 aromatic rings. The highest BCUT2D eigenvalue weighted by Crippen LogP contribution is 2.33. The molecule has 0 aliphatic carbocycles. The third-order valence-electron chi connectivity index (χ3n) is 6.49. The lowest BCUT2D eigenvalue weighted by molar-refractivity contribution is -0.133. The van der Waals surface area contributed by atoms with Crippen LogP contribution in [0.1, 0.15) is 44.4 Å². The zero-order chi connectivity index (χ0) is 27.3. The van der Waals surface area contributed by atoms with E-state index in [2.05, 4.69) is 15.3 Å². The number of ether oxygens (including phenoxy) is 1. The quantitative estimate of drug-likeness (QED) is 0.595. The van der Waals surface area contributed by atoms with Crippen LogP contribution in [0.5, 0.6) is 0 Å². The van der Waals surface area contributed by atoms with Crippen LogP contribution < -0.4 is 5.32 Å². The minimum atomic E-state index is -0.551. The highest BCUT2D eigenvalue weighted by Gasteiger charge is 2.35. The molecule has 0 bridgehead atoms. The first-order valence-electron chi connectivity index (χ1n) is 12.9.